The number of aromatic nitrogens is 2. The predicted octanol–water partition coefficient (Wildman–Crippen LogP) is 1.24. The number of nitrogens with one attached hydrogen (secondary N) is 2. The van der Waals surface area contributed by atoms with Crippen LogP contribution in [0.15, 0.2) is 10.9 Å². The standard InChI is InChI=1S/C11H12N4O4S2/c1-6-8(21-5-13-6)3-12-10(17)19-11-14-7(4-20-11)2-9(16)15-18/h4-5,18H,2-3H2,1H3,(H,12,17)(H,15,16). The largest absolute Gasteiger partial charge is 0.414 e. The van der Waals surface area contributed by atoms with Crippen molar-refractivity contribution < 1.29 is 19.5 Å². The molecule has 10 heteroatoms. The van der Waals surface area contributed by atoms with E-state index in [0.717, 1.165) is 21.9 Å². The zero-order chi connectivity index (χ0) is 15.2. The molecular weight excluding hydrogens is 316 g/mol. The maximum absolute atomic E-state index is 11.6. The monoisotopic (exact) mass is 328 g/mol. The fourth-order valence-electron chi connectivity index (χ4n) is 1.38. The molecule has 0 aromatic carbocycles. The molecule has 21 heavy (non-hydrogen) atoms. The lowest BCUT2D eigenvalue weighted by Crippen LogP contribution is -2.26. The van der Waals surface area contributed by atoms with E-state index in [0.29, 0.717) is 12.2 Å². The minimum absolute atomic E-state index is 0.0853. The third kappa shape index (κ3) is 4.48. The molecule has 0 radical (unpaired) electrons. The zero-order valence-corrected chi connectivity index (χ0v) is 12.6. The van der Waals surface area contributed by atoms with E-state index in [1.807, 2.05) is 6.92 Å². The van der Waals surface area contributed by atoms with Gasteiger partial charge in [0.2, 0.25) is 5.91 Å². The first-order chi connectivity index (χ1) is 10.1. The van der Waals surface area contributed by atoms with Crippen molar-refractivity contribution >= 4 is 34.7 Å². The van der Waals surface area contributed by atoms with Gasteiger partial charge in [0, 0.05) is 10.3 Å². The number of hydrogen-bond donors (Lipinski definition) is 3. The van der Waals surface area contributed by atoms with Gasteiger partial charge in [-0.15, -0.1) is 11.3 Å². The van der Waals surface area contributed by atoms with E-state index < -0.39 is 12.0 Å². The molecule has 2 rings (SSSR count). The Balaban J connectivity index is 1.82. The summed E-state index contributed by atoms with van der Waals surface area (Å²) in [6, 6.07) is 0. The van der Waals surface area contributed by atoms with E-state index in [1.165, 1.54) is 16.8 Å². The summed E-state index contributed by atoms with van der Waals surface area (Å²) in [5, 5.41) is 12.7. The number of carbonyl (C=O) groups excluding carboxylic acids is 2. The van der Waals surface area contributed by atoms with Crippen molar-refractivity contribution in [2.24, 2.45) is 0 Å². The molecule has 0 spiro atoms. The molecule has 2 heterocycles. The Morgan fingerprint density at radius 3 is 2.90 bits per heavy atom. The molecule has 2 aromatic rings. The second-order valence-corrected chi connectivity index (χ2v) is 5.68. The Bertz CT molecular complexity index is 640. The molecule has 0 fully saturated rings. The molecule has 0 atom stereocenters. The van der Waals surface area contributed by atoms with Crippen LogP contribution in [0.1, 0.15) is 16.3 Å². The first kappa shape index (κ1) is 15.4. The highest BCUT2D eigenvalue weighted by Gasteiger charge is 2.11. The summed E-state index contributed by atoms with van der Waals surface area (Å²) in [5.41, 5.74) is 4.49. The number of hydroxylamine groups is 1. The molecular formula is C11H12N4O4S2. The van der Waals surface area contributed by atoms with E-state index in [9.17, 15) is 9.59 Å². The number of nitrogens with zero attached hydrogens (tertiary/aromatic N) is 2. The summed E-state index contributed by atoms with van der Waals surface area (Å²) in [6.07, 6.45) is -0.715. The van der Waals surface area contributed by atoms with Crippen molar-refractivity contribution in [1.29, 1.82) is 0 Å². The zero-order valence-electron chi connectivity index (χ0n) is 11.0. The maximum atomic E-state index is 11.6. The number of carbonyl (C=O) groups is 2. The Morgan fingerprint density at radius 1 is 1.43 bits per heavy atom. The smallest absolute Gasteiger partial charge is 0.381 e. The summed E-state index contributed by atoms with van der Waals surface area (Å²) in [5.74, 6) is -0.586. The molecule has 0 aliphatic carbocycles. The number of thiazole rings is 2. The summed E-state index contributed by atoms with van der Waals surface area (Å²) in [4.78, 5) is 31.5. The van der Waals surface area contributed by atoms with Crippen LogP contribution < -0.4 is 15.5 Å². The fourth-order valence-corrected chi connectivity index (χ4v) is 2.77. The van der Waals surface area contributed by atoms with Crippen LogP contribution in [0.25, 0.3) is 0 Å². The van der Waals surface area contributed by atoms with E-state index in [-0.39, 0.29) is 11.6 Å². The van der Waals surface area contributed by atoms with E-state index in [4.69, 9.17) is 9.94 Å². The summed E-state index contributed by atoms with van der Waals surface area (Å²) in [7, 11) is 0. The van der Waals surface area contributed by atoms with Crippen LogP contribution in [0.3, 0.4) is 0 Å². The van der Waals surface area contributed by atoms with Crippen molar-refractivity contribution in [3.63, 3.8) is 0 Å². The van der Waals surface area contributed by atoms with Crippen molar-refractivity contribution in [3.8, 4) is 5.19 Å². The lowest BCUT2D eigenvalue weighted by Gasteiger charge is -2.03. The minimum Gasteiger partial charge on any atom is -0.381 e. The molecule has 8 nitrogen and oxygen atoms in total. The second kappa shape index (κ2) is 7.11. The highest BCUT2D eigenvalue weighted by atomic mass is 32.1. The van der Waals surface area contributed by atoms with Gasteiger partial charge in [-0.1, -0.05) is 11.3 Å². The van der Waals surface area contributed by atoms with Crippen molar-refractivity contribution in [2.75, 3.05) is 0 Å². The average molecular weight is 328 g/mol. The highest BCUT2D eigenvalue weighted by molar-refractivity contribution is 7.11. The van der Waals surface area contributed by atoms with Gasteiger partial charge in [0.05, 0.1) is 29.9 Å². The first-order valence-corrected chi connectivity index (χ1v) is 7.56. The van der Waals surface area contributed by atoms with E-state index in [2.05, 4.69) is 15.3 Å². The number of rotatable bonds is 5. The van der Waals surface area contributed by atoms with Crippen LogP contribution in [-0.2, 0) is 17.8 Å². The van der Waals surface area contributed by atoms with Gasteiger partial charge in [0.25, 0.3) is 5.19 Å². The normalized spacial score (nSPS) is 10.2. The SMILES string of the molecule is Cc1ncsc1CNC(=O)Oc1nc(CC(=O)NO)cs1. The van der Waals surface area contributed by atoms with Crippen LogP contribution in [0, 0.1) is 6.92 Å². The Kier molecular flexibility index (Phi) is 5.20. The van der Waals surface area contributed by atoms with Gasteiger partial charge in [-0.2, -0.15) is 0 Å². The van der Waals surface area contributed by atoms with Crippen molar-refractivity contribution in [3.05, 3.63) is 27.2 Å². The van der Waals surface area contributed by atoms with Crippen LogP contribution in [0.2, 0.25) is 0 Å². The first-order valence-electron chi connectivity index (χ1n) is 5.80. The van der Waals surface area contributed by atoms with Crippen LogP contribution >= 0.6 is 22.7 Å². The molecule has 0 aliphatic heterocycles. The third-order valence-corrected chi connectivity index (χ3v) is 4.12. The molecule has 0 saturated heterocycles. The summed E-state index contributed by atoms with van der Waals surface area (Å²) >= 11 is 2.54. The lowest BCUT2D eigenvalue weighted by atomic mass is 10.3. The Hall–Kier alpha value is -2.04. The van der Waals surface area contributed by atoms with Gasteiger partial charge < -0.3 is 10.1 Å². The molecule has 2 aromatic heterocycles. The minimum atomic E-state index is -0.629. The Labute approximate surface area is 127 Å². The molecule has 0 bridgehead atoms. The summed E-state index contributed by atoms with van der Waals surface area (Å²) < 4.78 is 5.00. The van der Waals surface area contributed by atoms with Gasteiger partial charge in [-0.25, -0.2) is 20.2 Å². The maximum Gasteiger partial charge on any atom is 0.414 e. The summed E-state index contributed by atoms with van der Waals surface area (Å²) in [6.45, 7) is 2.19. The van der Waals surface area contributed by atoms with Crippen LogP contribution in [-0.4, -0.2) is 27.2 Å². The molecule has 0 unspecified atom stereocenters. The van der Waals surface area contributed by atoms with E-state index in [1.54, 1.807) is 10.9 Å². The number of amides is 2. The number of hydrogen-bond acceptors (Lipinski definition) is 8. The van der Waals surface area contributed by atoms with Gasteiger partial charge in [-0.05, 0) is 6.92 Å². The van der Waals surface area contributed by atoms with Gasteiger partial charge in [-0.3, -0.25) is 10.0 Å². The quantitative estimate of drug-likeness (QED) is 0.562. The topological polar surface area (TPSA) is 113 Å². The molecule has 2 amide bonds. The Morgan fingerprint density at radius 2 is 2.24 bits per heavy atom. The fraction of sp³-hybridized carbons (Fsp3) is 0.273. The highest BCUT2D eigenvalue weighted by Crippen LogP contribution is 2.18. The van der Waals surface area contributed by atoms with Gasteiger partial charge >= 0.3 is 6.09 Å². The van der Waals surface area contributed by atoms with Crippen LogP contribution in [0.4, 0.5) is 4.79 Å². The van der Waals surface area contributed by atoms with E-state index >= 15 is 0 Å². The molecule has 0 aliphatic rings. The van der Waals surface area contributed by atoms with Crippen molar-refractivity contribution in [2.45, 2.75) is 19.9 Å². The van der Waals surface area contributed by atoms with Crippen LogP contribution in [0.5, 0.6) is 5.19 Å². The molecule has 3 N–H and O–H groups in total. The second-order valence-electron chi connectivity index (χ2n) is 3.92. The average Bonchev–Trinajstić information content (AvgIpc) is 3.05. The van der Waals surface area contributed by atoms with Crippen molar-refractivity contribution in [1.82, 2.24) is 20.8 Å². The number of aryl methyl sites for hydroxylation is 1. The third-order valence-electron chi connectivity index (χ3n) is 2.42. The molecule has 0 saturated carbocycles. The van der Waals surface area contributed by atoms with Gasteiger partial charge in [0.15, 0.2) is 0 Å². The number of ether oxygens (including phenoxy) is 1. The molecule has 112 valence electrons. The lowest BCUT2D eigenvalue weighted by molar-refractivity contribution is -0.128. The predicted molar refractivity (Wildman–Crippen MR) is 75.5 cm³/mol. The van der Waals surface area contributed by atoms with Gasteiger partial charge in [0.1, 0.15) is 0 Å².